The molecule has 0 rings (SSSR count). The van der Waals surface area contributed by atoms with Gasteiger partial charge in [-0.1, -0.05) is 6.42 Å². The molecule has 0 saturated heterocycles. The van der Waals surface area contributed by atoms with Gasteiger partial charge in [0.1, 0.15) is 0 Å². The summed E-state index contributed by atoms with van der Waals surface area (Å²) in [6.07, 6.45) is 3.67. The predicted molar refractivity (Wildman–Crippen MR) is 44.1 cm³/mol. The van der Waals surface area contributed by atoms with Gasteiger partial charge in [-0.15, -0.1) is 0 Å². The average molecular weight is 157 g/mol. The summed E-state index contributed by atoms with van der Waals surface area (Å²) < 4.78 is 0. The molecule has 0 radical (unpaired) electrons. The van der Waals surface area contributed by atoms with Crippen LogP contribution in [0, 0.1) is 5.41 Å². The van der Waals surface area contributed by atoms with Gasteiger partial charge in [0.15, 0.2) is 0 Å². The van der Waals surface area contributed by atoms with Crippen LogP contribution < -0.4 is 0 Å². The number of aliphatic carboxylic acids is 1. The molecule has 64 valence electrons. The first-order valence-electron chi connectivity index (χ1n) is 3.88. The Morgan fingerprint density at radius 2 is 1.82 bits per heavy atom. The molecular weight excluding hydrogens is 142 g/mol. The van der Waals surface area contributed by atoms with E-state index in [-0.39, 0.29) is 6.42 Å². The highest BCUT2D eigenvalue weighted by molar-refractivity contribution is 5.78. The number of hydrogen-bond donors (Lipinski definition) is 2. The molecule has 11 heavy (non-hydrogen) atoms. The van der Waals surface area contributed by atoms with Crippen molar-refractivity contribution < 1.29 is 9.90 Å². The first-order valence-corrected chi connectivity index (χ1v) is 3.88. The van der Waals surface area contributed by atoms with Crippen LogP contribution in [0.1, 0.15) is 39.0 Å². The maximum absolute atomic E-state index is 10.1. The van der Waals surface area contributed by atoms with Gasteiger partial charge >= 0.3 is 5.97 Å². The molecule has 0 aromatic rings. The van der Waals surface area contributed by atoms with Crippen molar-refractivity contribution in [3.05, 3.63) is 0 Å². The van der Waals surface area contributed by atoms with Gasteiger partial charge in [0.05, 0.1) is 0 Å². The quantitative estimate of drug-likeness (QED) is 0.458. The van der Waals surface area contributed by atoms with Gasteiger partial charge in [0.2, 0.25) is 0 Å². The fraction of sp³-hybridized carbons (Fsp3) is 0.750. The summed E-state index contributed by atoms with van der Waals surface area (Å²) in [5.41, 5.74) is 0.681. The summed E-state index contributed by atoms with van der Waals surface area (Å²) in [4.78, 5) is 10.1. The zero-order valence-corrected chi connectivity index (χ0v) is 6.89. The molecule has 0 aliphatic rings. The molecule has 0 unspecified atom stereocenters. The fourth-order valence-electron chi connectivity index (χ4n) is 0.843. The highest BCUT2D eigenvalue weighted by Gasteiger charge is 1.96. The van der Waals surface area contributed by atoms with E-state index in [1.807, 2.05) is 0 Å². The zero-order valence-electron chi connectivity index (χ0n) is 6.89. The lowest BCUT2D eigenvalue weighted by molar-refractivity contribution is -0.137. The van der Waals surface area contributed by atoms with Crippen LogP contribution >= 0.6 is 0 Å². The van der Waals surface area contributed by atoms with E-state index < -0.39 is 5.97 Å². The molecule has 0 spiro atoms. The fourth-order valence-corrected chi connectivity index (χ4v) is 0.843. The predicted octanol–water partition coefficient (Wildman–Crippen LogP) is 2.06. The second-order valence-electron chi connectivity index (χ2n) is 2.73. The van der Waals surface area contributed by atoms with Crippen LogP contribution in [-0.2, 0) is 4.79 Å². The number of carboxylic acid groups (broad SMARTS) is 1. The highest BCUT2D eigenvalue weighted by Crippen LogP contribution is 2.02. The van der Waals surface area contributed by atoms with E-state index in [9.17, 15) is 4.79 Å². The zero-order chi connectivity index (χ0) is 8.69. The van der Waals surface area contributed by atoms with Crippen LogP contribution in [0.4, 0.5) is 0 Å². The van der Waals surface area contributed by atoms with Crippen molar-refractivity contribution in [3.63, 3.8) is 0 Å². The van der Waals surface area contributed by atoms with Gasteiger partial charge in [-0.05, 0) is 26.2 Å². The Morgan fingerprint density at radius 1 is 1.27 bits per heavy atom. The van der Waals surface area contributed by atoms with Crippen LogP contribution in [0.15, 0.2) is 0 Å². The largest absolute Gasteiger partial charge is 0.481 e. The van der Waals surface area contributed by atoms with Gasteiger partial charge < -0.3 is 10.5 Å². The van der Waals surface area contributed by atoms with E-state index in [0.717, 1.165) is 25.7 Å². The highest BCUT2D eigenvalue weighted by atomic mass is 16.4. The molecule has 0 saturated carbocycles. The molecule has 0 aromatic heterocycles. The van der Waals surface area contributed by atoms with E-state index in [0.29, 0.717) is 5.71 Å². The van der Waals surface area contributed by atoms with E-state index in [1.54, 1.807) is 6.92 Å². The van der Waals surface area contributed by atoms with Gasteiger partial charge in [-0.3, -0.25) is 4.79 Å². The summed E-state index contributed by atoms with van der Waals surface area (Å²) in [6.45, 7) is 1.77. The Kier molecular flexibility index (Phi) is 5.43. The molecule has 0 aliphatic carbocycles. The summed E-state index contributed by atoms with van der Waals surface area (Å²) in [6, 6.07) is 0. The SMILES string of the molecule is CC(=N)CCCCCC(=O)O. The molecule has 0 fully saturated rings. The summed E-state index contributed by atoms with van der Waals surface area (Å²) >= 11 is 0. The lowest BCUT2D eigenvalue weighted by Crippen LogP contribution is -1.94. The lowest BCUT2D eigenvalue weighted by atomic mass is 10.1. The summed E-state index contributed by atoms with van der Waals surface area (Å²) in [7, 11) is 0. The van der Waals surface area contributed by atoms with Crippen molar-refractivity contribution >= 4 is 11.7 Å². The molecule has 3 nitrogen and oxygen atoms in total. The minimum Gasteiger partial charge on any atom is -0.481 e. The van der Waals surface area contributed by atoms with E-state index >= 15 is 0 Å². The molecule has 3 heteroatoms. The maximum Gasteiger partial charge on any atom is 0.303 e. The Morgan fingerprint density at radius 3 is 2.27 bits per heavy atom. The Hall–Kier alpha value is -0.860. The standard InChI is InChI=1S/C8H15NO2/c1-7(9)5-3-2-4-6-8(10)11/h9H,2-6H2,1H3,(H,10,11). The van der Waals surface area contributed by atoms with Crippen molar-refractivity contribution in [2.45, 2.75) is 39.0 Å². The minimum atomic E-state index is -0.725. The molecule has 0 aromatic carbocycles. The molecule has 0 amide bonds. The number of hydrogen-bond acceptors (Lipinski definition) is 2. The van der Waals surface area contributed by atoms with Crippen LogP contribution in [0.5, 0.6) is 0 Å². The normalized spacial score (nSPS) is 9.55. The first-order chi connectivity index (χ1) is 5.13. The lowest BCUT2D eigenvalue weighted by Gasteiger charge is -1.96. The topological polar surface area (TPSA) is 61.2 Å². The van der Waals surface area contributed by atoms with E-state index in [4.69, 9.17) is 10.5 Å². The van der Waals surface area contributed by atoms with Crippen molar-refractivity contribution in [2.24, 2.45) is 0 Å². The minimum absolute atomic E-state index is 0.261. The number of carbonyl (C=O) groups is 1. The molecule has 0 bridgehead atoms. The first kappa shape index (κ1) is 10.1. The Balaban J connectivity index is 3.03. The van der Waals surface area contributed by atoms with Crippen molar-refractivity contribution in [1.29, 1.82) is 5.41 Å². The van der Waals surface area contributed by atoms with Crippen LogP contribution in [0.3, 0.4) is 0 Å². The summed E-state index contributed by atoms with van der Waals surface area (Å²) in [5.74, 6) is -0.725. The smallest absolute Gasteiger partial charge is 0.303 e. The van der Waals surface area contributed by atoms with Gasteiger partial charge in [-0.25, -0.2) is 0 Å². The molecule has 2 N–H and O–H groups in total. The van der Waals surface area contributed by atoms with Gasteiger partial charge in [-0.2, -0.15) is 0 Å². The number of rotatable bonds is 6. The number of nitrogens with one attached hydrogen (secondary N) is 1. The van der Waals surface area contributed by atoms with Crippen LogP contribution in [-0.4, -0.2) is 16.8 Å². The third kappa shape index (κ3) is 9.14. The Labute approximate surface area is 66.9 Å². The Bertz CT molecular complexity index is 127. The molecule has 0 aliphatic heterocycles. The van der Waals surface area contributed by atoms with Gasteiger partial charge in [0.25, 0.3) is 0 Å². The van der Waals surface area contributed by atoms with Crippen molar-refractivity contribution in [2.75, 3.05) is 0 Å². The maximum atomic E-state index is 10.1. The van der Waals surface area contributed by atoms with Crippen molar-refractivity contribution in [3.8, 4) is 0 Å². The van der Waals surface area contributed by atoms with Crippen LogP contribution in [0.25, 0.3) is 0 Å². The van der Waals surface area contributed by atoms with Gasteiger partial charge in [0, 0.05) is 12.1 Å². The third-order valence-corrected chi connectivity index (χ3v) is 1.44. The second kappa shape index (κ2) is 5.89. The third-order valence-electron chi connectivity index (χ3n) is 1.44. The number of carboxylic acids is 1. The second-order valence-corrected chi connectivity index (χ2v) is 2.73. The number of unbranched alkanes of at least 4 members (excludes halogenated alkanes) is 2. The monoisotopic (exact) mass is 157 g/mol. The van der Waals surface area contributed by atoms with Crippen LogP contribution in [0.2, 0.25) is 0 Å². The average Bonchev–Trinajstić information content (AvgIpc) is 1.85. The molecule has 0 atom stereocenters. The summed E-state index contributed by atoms with van der Waals surface area (Å²) in [5, 5.41) is 15.4. The molecular formula is C8H15NO2. The van der Waals surface area contributed by atoms with E-state index in [2.05, 4.69) is 0 Å². The molecule has 0 heterocycles. The van der Waals surface area contributed by atoms with Crippen molar-refractivity contribution in [1.82, 2.24) is 0 Å². The van der Waals surface area contributed by atoms with E-state index in [1.165, 1.54) is 0 Å².